The van der Waals surface area contributed by atoms with Crippen molar-refractivity contribution >= 4 is 19.7 Å². The average Bonchev–Trinajstić information content (AvgIpc) is 3.44. The number of phosphoric ester groups is 1. The Labute approximate surface area is 504 Å². The maximum Gasteiger partial charge on any atom is 0.306 e. The Morgan fingerprint density at radius 2 is 0.793 bits per heavy atom. The number of hydrogen-bond donors (Lipinski definition) is 1. The van der Waals surface area contributed by atoms with E-state index in [2.05, 4.69) is 148 Å². The highest BCUT2D eigenvalue weighted by molar-refractivity contribution is 7.45. The molecule has 0 aliphatic rings. The van der Waals surface area contributed by atoms with Crippen LogP contribution >= 0.6 is 7.82 Å². The van der Waals surface area contributed by atoms with Crippen LogP contribution in [-0.4, -0.2) is 69.4 Å². The van der Waals surface area contributed by atoms with Crippen molar-refractivity contribution in [2.75, 3.05) is 40.9 Å². The number of ether oxygens (including phenoxy) is 1. The molecule has 466 valence electrons. The van der Waals surface area contributed by atoms with E-state index in [0.717, 1.165) is 116 Å². The molecule has 0 radical (unpaired) electrons. The van der Waals surface area contributed by atoms with Crippen molar-refractivity contribution in [3.05, 3.63) is 146 Å². The van der Waals surface area contributed by atoms with Gasteiger partial charge in [0.2, 0.25) is 5.91 Å². The quantitative estimate of drug-likeness (QED) is 0.0212. The van der Waals surface area contributed by atoms with Crippen LogP contribution in [0.15, 0.2) is 146 Å². The van der Waals surface area contributed by atoms with Crippen molar-refractivity contribution in [3.8, 4) is 0 Å². The van der Waals surface area contributed by atoms with E-state index in [1.807, 2.05) is 39.4 Å². The van der Waals surface area contributed by atoms with Crippen LogP contribution in [0, 0.1) is 0 Å². The number of unbranched alkanes of at least 4 members (excludes halogenated alkanes) is 19. The highest BCUT2D eigenvalue weighted by Gasteiger charge is 2.27. The summed E-state index contributed by atoms with van der Waals surface area (Å²) >= 11 is 0. The summed E-state index contributed by atoms with van der Waals surface area (Å²) in [7, 11) is 1.12. The van der Waals surface area contributed by atoms with Crippen molar-refractivity contribution in [2.24, 2.45) is 0 Å². The van der Waals surface area contributed by atoms with Crippen LogP contribution in [-0.2, 0) is 27.9 Å². The third-order valence-corrected chi connectivity index (χ3v) is 14.5. The van der Waals surface area contributed by atoms with Gasteiger partial charge in [-0.3, -0.25) is 14.2 Å². The van der Waals surface area contributed by atoms with E-state index >= 15 is 0 Å². The summed E-state index contributed by atoms with van der Waals surface area (Å²) in [6, 6.07) is -0.934. The van der Waals surface area contributed by atoms with Crippen molar-refractivity contribution in [2.45, 2.75) is 258 Å². The van der Waals surface area contributed by atoms with Gasteiger partial charge in [0.15, 0.2) is 0 Å². The minimum absolute atomic E-state index is 0.0428. The van der Waals surface area contributed by atoms with Crippen molar-refractivity contribution in [3.63, 3.8) is 0 Å². The molecular weight excluding hydrogens is 1040 g/mol. The minimum Gasteiger partial charge on any atom is -0.756 e. The van der Waals surface area contributed by atoms with Gasteiger partial charge in [-0.15, -0.1) is 0 Å². The number of esters is 1. The predicted octanol–water partition coefficient (Wildman–Crippen LogP) is 20.0. The molecule has 0 aliphatic heterocycles. The molecule has 3 atom stereocenters. The Morgan fingerprint density at radius 1 is 0.439 bits per heavy atom. The van der Waals surface area contributed by atoms with E-state index in [1.165, 1.54) is 83.5 Å². The number of nitrogens with one attached hydrogen (secondary N) is 1. The predicted molar refractivity (Wildman–Crippen MR) is 353 cm³/mol. The van der Waals surface area contributed by atoms with E-state index < -0.39 is 32.5 Å². The molecule has 0 aliphatic carbocycles. The second-order valence-corrected chi connectivity index (χ2v) is 23.9. The summed E-state index contributed by atoms with van der Waals surface area (Å²) in [5.41, 5.74) is 0. The average molecular weight is 1160 g/mol. The number of phosphoric acid groups is 1. The van der Waals surface area contributed by atoms with Gasteiger partial charge in [0.25, 0.3) is 7.82 Å². The summed E-state index contributed by atoms with van der Waals surface area (Å²) < 4.78 is 30.3. The smallest absolute Gasteiger partial charge is 0.306 e. The lowest BCUT2D eigenvalue weighted by Gasteiger charge is -2.30. The maximum absolute atomic E-state index is 13.6. The minimum atomic E-state index is -4.73. The molecule has 9 nitrogen and oxygen atoms in total. The first-order valence-electron chi connectivity index (χ1n) is 32.6. The molecule has 0 saturated heterocycles. The number of carbonyl (C=O) groups excluding carboxylic acids is 2. The van der Waals surface area contributed by atoms with Gasteiger partial charge in [0.05, 0.1) is 33.8 Å². The zero-order chi connectivity index (χ0) is 60.0. The fourth-order valence-electron chi connectivity index (χ4n) is 8.57. The highest BCUT2D eigenvalue weighted by atomic mass is 31.2. The molecule has 0 aromatic carbocycles. The van der Waals surface area contributed by atoms with Crippen molar-refractivity contribution in [1.82, 2.24) is 5.32 Å². The standard InChI is InChI=1S/C72H121N2O7P/c1-7-10-13-16-19-22-25-28-30-32-34-35-36-37-38-39-41-42-44-46-49-52-55-58-61-64-71(75)73-69(68-80-82(77,78)79-67-66-74(4,5)6)70(63-60-57-54-51-48-27-24-21-18-15-12-9-3)81-72(76)65-62-59-56-53-50-47-45-43-40-33-31-29-26-23-20-17-14-11-8-2/h10-11,13-14,19-20,22-23,28-31,34-35,37-38,40,43,47,50,56,59-60,63,69-70H,7-9,12,15-18,21,24-27,32-33,36,39,41-42,44-46,48-49,51-55,57-58,61-62,64-68H2,1-6H3,(H-,73,75,77,78)/b13-10-,14-11-,22-19-,23-20-,30-28-,31-29-,35-34-,38-37-,43-40-,50-47-,59-56-,63-60-. The van der Waals surface area contributed by atoms with Gasteiger partial charge in [-0.25, -0.2) is 0 Å². The first-order valence-corrected chi connectivity index (χ1v) is 34.1. The zero-order valence-electron chi connectivity index (χ0n) is 53.1. The second-order valence-electron chi connectivity index (χ2n) is 22.5. The summed E-state index contributed by atoms with van der Waals surface area (Å²) in [6.07, 6.45) is 86.9. The number of quaternary nitrogens is 1. The molecule has 0 bridgehead atoms. The zero-order valence-corrected chi connectivity index (χ0v) is 54.0. The molecule has 0 aromatic heterocycles. The number of nitrogens with zero attached hydrogens (tertiary/aromatic N) is 1. The van der Waals surface area contributed by atoms with Gasteiger partial charge in [-0.05, 0) is 115 Å². The molecular formula is C72H121N2O7P. The summed E-state index contributed by atoms with van der Waals surface area (Å²) in [6.45, 7) is 6.55. The number of amides is 1. The fourth-order valence-corrected chi connectivity index (χ4v) is 9.30. The normalized spacial score (nSPS) is 14.6. The van der Waals surface area contributed by atoms with Crippen LogP contribution in [0.5, 0.6) is 0 Å². The molecule has 1 N–H and O–H groups in total. The van der Waals surface area contributed by atoms with E-state index in [-0.39, 0.29) is 25.4 Å². The molecule has 0 fully saturated rings. The van der Waals surface area contributed by atoms with E-state index in [4.69, 9.17) is 13.8 Å². The Bertz CT molecular complexity index is 1910. The van der Waals surface area contributed by atoms with Crippen LogP contribution in [0.1, 0.15) is 245 Å². The number of likely N-dealkylation sites (N-methyl/N-ethyl adjacent to an activating group) is 1. The van der Waals surface area contributed by atoms with Crippen molar-refractivity contribution < 1.29 is 37.3 Å². The SMILES string of the molecule is CC/C=C\C/C=C\C/C=C\C/C=C\C/C=C\C/C=C\CCC(=O)OC(/C=C\CCCCCCCCCCCC)C(COP(=O)([O-])OCC[N+](C)(C)C)NC(=O)CCCCCCCCCCC/C=C\C/C=C\C/C=C\C/C=C\C/C=C\CC. The summed E-state index contributed by atoms with van der Waals surface area (Å²) in [4.78, 5) is 40.0. The Kier molecular flexibility index (Phi) is 57.0. The van der Waals surface area contributed by atoms with Crippen LogP contribution < -0.4 is 10.2 Å². The van der Waals surface area contributed by atoms with Gasteiger partial charge in [0, 0.05) is 12.8 Å². The molecule has 10 heteroatoms. The molecule has 0 rings (SSSR count). The third-order valence-electron chi connectivity index (χ3n) is 13.5. The summed E-state index contributed by atoms with van der Waals surface area (Å²) in [5.74, 6) is -0.655. The van der Waals surface area contributed by atoms with Crippen LogP contribution in [0.25, 0.3) is 0 Å². The second kappa shape index (κ2) is 60.0. The largest absolute Gasteiger partial charge is 0.756 e. The molecule has 0 heterocycles. The Hall–Kier alpha value is -4.11. The van der Waals surface area contributed by atoms with E-state index in [1.54, 1.807) is 6.08 Å². The van der Waals surface area contributed by atoms with Gasteiger partial charge in [-0.2, -0.15) is 0 Å². The van der Waals surface area contributed by atoms with Crippen molar-refractivity contribution in [1.29, 1.82) is 0 Å². The van der Waals surface area contributed by atoms with Gasteiger partial charge in [0.1, 0.15) is 19.3 Å². The van der Waals surface area contributed by atoms with Gasteiger partial charge in [-0.1, -0.05) is 263 Å². The molecule has 3 unspecified atom stereocenters. The lowest BCUT2D eigenvalue weighted by molar-refractivity contribution is -0.870. The monoisotopic (exact) mass is 1160 g/mol. The number of allylic oxidation sites excluding steroid dienone is 23. The number of carbonyl (C=O) groups is 2. The lowest BCUT2D eigenvalue weighted by atomic mass is 10.0. The van der Waals surface area contributed by atoms with Gasteiger partial charge >= 0.3 is 5.97 Å². The molecule has 82 heavy (non-hydrogen) atoms. The number of hydrogen-bond acceptors (Lipinski definition) is 7. The van der Waals surface area contributed by atoms with Crippen LogP contribution in [0.3, 0.4) is 0 Å². The first kappa shape index (κ1) is 77.9. The van der Waals surface area contributed by atoms with Gasteiger partial charge < -0.3 is 28.5 Å². The van der Waals surface area contributed by atoms with E-state index in [0.29, 0.717) is 23.9 Å². The lowest BCUT2D eigenvalue weighted by Crippen LogP contribution is -2.47. The summed E-state index contributed by atoms with van der Waals surface area (Å²) in [5, 5.41) is 3.01. The highest BCUT2D eigenvalue weighted by Crippen LogP contribution is 2.38. The fraction of sp³-hybridized carbons (Fsp3) is 0.639. The first-order chi connectivity index (χ1) is 39.9. The van der Waals surface area contributed by atoms with E-state index in [9.17, 15) is 19.0 Å². The molecule has 0 aromatic rings. The molecule has 0 saturated carbocycles. The topological polar surface area (TPSA) is 114 Å². The van der Waals surface area contributed by atoms with Crippen LogP contribution in [0.2, 0.25) is 0 Å². The van der Waals surface area contributed by atoms with Crippen LogP contribution in [0.4, 0.5) is 0 Å². The number of rotatable bonds is 57. The maximum atomic E-state index is 13.6. The molecule has 1 amide bonds. The Morgan fingerprint density at radius 3 is 1.20 bits per heavy atom. The third kappa shape index (κ3) is 60.5. The Balaban J connectivity index is 5.28. The molecule has 0 spiro atoms.